The molecular formula is C10H14ClNO2S. The van der Waals surface area contributed by atoms with Gasteiger partial charge >= 0.3 is 0 Å². The summed E-state index contributed by atoms with van der Waals surface area (Å²) in [5.41, 5.74) is 0. The number of thiophene rings is 1. The smallest absolute Gasteiger partial charge is 0.0948 e. The van der Waals surface area contributed by atoms with Crippen LogP contribution in [-0.2, 0) is 4.74 Å². The van der Waals surface area contributed by atoms with Crippen molar-refractivity contribution in [2.45, 2.75) is 25.1 Å². The largest absolute Gasteiger partial charge is 0.389 e. The zero-order chi connectivity index (χ0) is 10.8. The van der Waals surface area contributed by atoms with E-state index in [9.17, 15) is 5.11 Å². The zero-order valence-electron chi connectivity index (χ0n) is 8.44. The molecule has 1 aliphatic rings. The predicted molar refractivity (Wildman–Crippen MR) is 61.5 cm³/mol. The fourth-order valence-electron chi connectivity index (χ4n) is 1.67. The molecule has 3 unspecified atom stereocenters. The van der Waals surface area contributed by atoms with Gasteiger partial charge in [-0.3, -0.25) is 0 Å². The molecule has 2 rings (SSSR count). The van der Waals surface area contributed by atoms with E-state index in [1.54, 1.807) is 11.3 Å². The third-order valence-electron chi connectivity index (χ3n) is 2.54. The van der Waals surface area contributed by atoms with Crippen molar-refractivity contribution in [3.63, 3.8) is 0 Å². The van der Waals surface area contributed by atoms with E-state index in [-0.39, 0.29) is 12.1 Å². The van der Waals surface area contributed by atoms with Gasteiger partial charge in [-0.1, -0.05) is 11.6 Å². The molecule has 0 bridgehead atoms. The summed E-state index contributed by atoms with van der Waals surface area (Å²) in [7, 11) is 0. The quantitative estimate of drug-likeness (QED) is 0.856. The second-order valence-electron chi connectivity index (χ2n) is 3.74. The molecule has 1 fully saturated rings. The Labute approximate surface area is 98.0 Å². The van der Waals surface area contributed by atoms with Gasteiger partial charge < -0.3 is 15.2 Å². The van der Waals surface area contributed by atoms with Gasteiger partial charge in [0, 0.05) is 10.9 Å². The lowest BCUT2D eigenvalue weighted by Crippen LogP contribution is -2.39. The topological polar surface area (TPSA) is 41.5 Å². The van der Waals surface area contributed by atoms with Crippen molar-refractivity contribution in [3.05, 3.63) is 21.3 Å². The minimum absolute atomic E-state index is 0.0286. The van der Waals surface area contributed by atoms with E-state index >= 15 is 0 Å². The average molecular weight is 248 g/mol. The van der Waals surface area contributed by atoms with Crippen LogP contribution in [0, 0.1) is 0 Å². The van der Waals surface area contributed by atoms with E-state index in [0.717, 1.165) is 4.34 Å². The van der Waals surface area contributed by atoms with E-state index in [1.165, 1.54) is 4.88 Å². The molecule has 3 nitrogen and oxygen atoms in total. The summed E-state index contributed by atoms with van der Waals surface area (Å²) in [5.74, 6) is 0. The lowest BCUT2D eigenvalue weighted by Gasteiger charge is -2.19. The van der Waals surface area contributed by atoms with Crippen molar-refractivity contribution in [2.24, 2.45) is 0 Å². The molecule has 3 atom stereocenters. The minimum atomic E-state index is -0.400. The number of hydrogen-bond acceptors (Lipinski definition) is 4. The third kappa shape index (κ3) is 2.71. The average Bonchev–Trinajstić information content (AvgIpc) is 2.77. The van der Waals surface area contributed by atoms with E-state index in [0.29, 0.717) is 13.2 Å². The highest BCUT2D eigenvalue weighted by Gasteiger charge is 2.27. The maximum absolute atomic E-state index is 9.58. The van der Waals surface area contributed by atoms with Gasteiger partial charge in [0.05, 0.1) is 29.7 Å². The van der Waals surface area contributed by atoms with Gasteiger partial charge in [-0.25, -0.2) is 0 Å². The van der Waals surface area contributed by atoms with Crippen molar-refractivity contribution >= 4 is 22.9 Å². The maximum Gasteiger partial charge on any atom is 0.0948 e. The Hall–Kier alpha value is -0.130. The molecule has 1 aromatic heterocycles. The van der Waals surface area contributed by atoms with Crippen LogP contribution >= 0.6 is 22.9 Å². The number of aliphatic hydroxyl groups is 1. The first kappa shape index (κ1) is 11.4. The van der Waals surface area contributed by atoms with Gasteiger partial charge in [0.2, 0.25) is 0 Å². The van der Waals surface area contributed by atoms with Crippen molar-refractivity contribution < 1.29 is 9.84 Å². The number of hydrogen-bond donors (Lipinski definition) is 2. The Morgan fingerprint density at radius 1 is 1.60 bits per heavy atom. The first-order valence-corrected chi connectivity index (χ1v) is 6.13. The van der Waals surface area contributed by atoms with Gasteiger partial charge in [0.25, 0.3) is 0 Å². The summed E-state index contributed by atoms with van der Waals surface area (Å²) in [6, 6.07) is 4.12. The molecular weight excluding hydrogens is 234 g/mol. The van der Waals surface area contributed by atoms with Crippen molar-refractivity contribution in [1.82, 2.24) is 5.32 Å². The normalized spacial score (nSPS) is 28.2. The number of rotatable bonds is 3. The van der Waals surface area contributed by atoms with Crippen molar-refractivity contribution in [1.29, 1.82) is 0 Å². The molecule has 2 N–H and O–H groups in total. The Morgan fingerprint density at radius 3 is 2.93 bits per heavy atom. The van der Waals surface area contributed by atoms with Crippen LogP contribution < -0.4 is 5.32 Å². The van der Waals surface area contributed by atoms with E-state index in [4.69, 9.17) is 16.3 Å². The van der Waals surface area contributed by atoms with Crippen LogP contribution in [0.2, 0.25) is 4.34 Å². The van der Waals surface area contributed by atoms with Gasteiger partial charge in [-0.15, -0.1) is 11.3 Å². The van der Waals surface area contributed by atoms with E-state index < -0.39 is 6.10 Å². The lowest BCUT2D eigenvalue weighted by molar-refractivity contribution is 0.121. The standard InChI is InChI=1S/C10H14ClNO2S/c1-6(9-2-3-10(11)15-9)12-7-4-14-5-8(7)13/h2-3,6-8,12-13H,4-5H2,1H3. The summed E-state index contributed by atoms with van der Waals surface area (Å²) >= 11 is 7.43. The first-order chi connectivity index (χ1) is 7.16. The van der Waals surface area contributed by atoms with E-state index in [1.807, 2.05) is 12.1 Å². The van der Waals surface area contributed by atoms with Crippen LogP contribution in [0.25, 0.3) is 0 Å². The van der Waals surface area contributed by atoms with Crippen LogP contribution in [0.4, 0.5) is 0 Å². The summed E-state index contributed by atoms with van der Waals surface area (Å²) in [6.45, 7) is 3.06. The number of ether oxygens (including phenoxy) is 1. The molecule has 0 saturated carbocycles. The molecule has 2 heterocycles. The number of nitrogens with one attached hydrogen (secondary N) is 1. The maximum atomic E-state index is 9.58. The predicted octanol–water partition coefficient (Wildman–Crippen LogP) is 1.81. The minimum Gasteiger partial charge on any atom is -0.389 e. The zero-order valence-corrected chi connectivity index (χ0v) is 10.0. The fraction of sp³-hybridized carbons (Fsp3) is 0.600. The molecule has 15 heavy (non-hydrogen) atoms. The summed E-state index contributed by atoms with van der Waals surface area (Å²) in [5, 5.41) is 12.9. The van der Waals surface area contributed by atoms with Gasteiger partial charge in [-0.05, 0) is 19.1 Å². The number of aliphatic hydroxyl groups excluding tert-OH is 1. The molecule has 1 aliphatic heterocycles. The Morgan fingerprint density at radius 2 is 2.40 bits per heavy atom. The molecule has 0 radical (unpaired) electrons. The van der Waals surface area contributed by atoms with Gasteiger partial charge in [0.1, 0.15) is 0 Å². The van der Waals surface area contributed by atoms with Crippen molar-refractivity contribution in [3.8, 4) is 0 Å². The second-order valence-corrected chi connectivity index (χ2v) is 5.49. The summed E-state index contributed by atoms with van der Waals surface area (Å²) < 4.78 is 5.97. The highest BCUT2D eigenvalue weighted by atomic mass is 35.5. The molecule has 1 saturated heterocycles. The molecule has 0 aliphatic carbocycles. The van der Waals surface area contributed by atoms with Crippen LogP contribution in [0.5, 0.6) is 0 Å². The Bertz CT molecular complexity index is 331. The van der Waals surface area contributed by atoms with Gasteiger partial charge in [-0.2, -0.15) is 0 Å². The SMILES string of the molecule is CC(NC1COCC1O)c1ccc(Cl)s1. The Balaban J connectivity index is 1.94. The monoisotopic (exact) mass is 247 g/mol. The van der Waals surface area contributed by atoms with Crippen molar-refractivity contribution in [2.75, 3.05) is 13.2 Å². The molecule has 0 spiro atoms. The van der Waals surface area contributed by atoms with Crippen LogP contribution in [-0.4, -0.2) is 30.5 Å². The lowest BCUT2D eigenvalue weighted by atomic mass is 10.1. The van der Waals surface area contributed by atoms with E-state index in [2.05, 4.69) is 12.2 Å². The molecule has 84 valence electrons. The third-order valence-corrected chi connectivity index (χ3v) is 3.95. The Kier molecular flexibility index (Phi) is 3.64. The second kappa shape index (κ2) is 4.80. The molecule has 1 aromatic rings. The summed E-state index contributed by atoms with van der Waals surface area (Å²) in [4.78, 5) is 1.18. The highest BCUT2D eigenvalue weighted by Crippen LogP contribution is 2.27. The van der Waals surface area contributed by atoms with Gasteiger partial charge in [0.15, 0.2) is 0 Å². The number of halogens is 1. The van der Waals surface area contributed by atoms with Crippen LogP contribution in [0.1, 0.15) is 17.8 Å². The molecule has 0 amide bonds. The molecule has 0 aromatic carbocycles. The fourth-order valence-corrected chi connectivity index (χ4v) is 2.74. The highest BCUT2D eigenvalue weighted by molar-refractivity contribution is 7.16. The molecule has 5 heteroatoms. The first-order valence-electron chi connectivity index (χ1n) is 4.94. The van der Waals surface area contributed by atoms with Crippen LogP contribution in [0.3, 0.4) is 0 Å². The van der Waals surface area contributed by atoms with Crippen LogP contribution in [0.15, 0.2) is 12.1 Å². The summed E-state index contributed by atoms with van der Waals surface area (Å²) in [6.07, 6.45) is -0.400.